The van der Waals surface area contributed by atoms with Gasteiger partial charge in [0.1, 0.15) is 5.82 Å². The van der Waals surface area contributed by atoms with E-state index in [1.54, 1.807) is 6.07 Å². The van der Waals surface area contributed by atoms with Gasteiger partial charge in [-0.3, -0.25) is 5.10 Å². The van der Waals surface area contributed by atoms with Gasteiger partial charge in [-0.15, -0.1) is 0 Å². The number of hydrogen-bond donors (Lipinski definition) is 1. The highest BCUT2D eigenvalue weighted by atomic mass is 19.1. The molecule has 2 rings (SSSR count). The average molecular weight is 176 g/mol. The van der Waals surface area contributed by atoms with Crippen molar-refractivity contribution in [3.8, 4) is 0 Å². The van der Waals surface area contributed by atoms with Gasteiger partial charge in [0, 0.05) is 5.39 Å². The molecule has 0 radical (unpaired) electrons. The number of allylic oxidation sites excluding steroid dienone is 1. The molecule has 0 aliphatic heterocycles. The molecule has 13 heavy (non-hydrogen) atoms. The third-order valence-corrected chi connectivity index (χ3v) is 1.88. The maximum absolute atomic E-state index is 12.9. The number of nitrogens with one attached hydrogen (secondary N) is 1. The molecule has 0 spiro atoms. The Kier molecular flexibility index (Phi) is 1.85. The number of aromatic amines is 1. The van der Waals surface area contributed by atoms with Crippen molar-refractivity contribution in [2.75, 3.05) is 0 Å². The summed E-state index contributed by atoms with van der Waals surface area (Å²) in [5.74, 6) is -0.236. The van der Waals surface area contributed by atoms with Crippen LogP contribution in [0.25, 0.3) is 17.0 Å². The molecule has 0 aliphatic carbocycles. The van der Waals surface area contributed by atoms with E-state index in [0.29, 0.717) is 0 Å². The number of fused-ring (bicyclic) bond motifs is 1. The van der Waals surface area contributed by atoms with Crippen molar-refractivity contribution in [1.29, 1.82) is 0 Å². The molecule has 0 saturated heterocycles. The molecule has 1 heterocycles. The minimum atomic E-state index is -0.236. The Bertz CT molecular complexity index is 457. The zero-order chi connectivity index (χ0) is 9.26. The van der Waals surface area contributed by atoms with Crippen LogP contribution in [0.2, 0.25) is 0 Å². The van der Waals surface area contributed by atoms with Crippen molar-refractivity contribution < 1.29 is 4.39 Å². The van der Waals surface area contributed by atoms with Gasteiger partial charge in [0.15, 0.2) is 0 Å². The molecule has 66 valence electrons. The monoisotopic (exact) mass is 176 g/mol. The molecule has 0 aliphatic rings. The highest BCUT2D eigenvalue weighted by Gasteiger charge is 2.02. The van der Waals surface area contributed by atoms with Crippen LogP contribution < -0.4 is 0 Å². The molecule has 0 bridgehead atoms. The van der Waals surface area contributed by atoms with Crippen LogP contribution in [0, 0.1) is 5.82 Å². The number of nitrogens with zero attached hydrogens (tertiary/aromatic N) is 1. The average Bonchev–Trinajstić information content (AvgIpc) is 2.49. The lowest BCUT2D eigenvalue weighted by Gasteiger charge is -1.89. The van der Waals surface area contributed by atoms with E-state index in [9.17, 15) is 4.39 Å². The van der Waals surface area contributed by atoms with Gasteiger partial charge < -0.3 is 0 Å². The van der Waals surface area contributed by atoms with E-state index in [-0.39, 0.29) is 5.82 Å². The van der Waals surface area contributed by atoms with E-state index in [1.807, 2.05) is 19.1 Å². The van der Waals surface area contributed by atoms with Gasteiger partial charge in [-0.05, 0) is 31.2 Å². The van der Waals surface area contributed by atoms with E-state index in [2.05, 4.69) is 10.2 Å². The Morgan fingerprint density at radius 2 is 2.31 bits per heavy atom. The maximum Gasteiger partial charge on any atom is 0.124 e. The van der Waals surface area contributed by atoms with Gasteiger partial charge in [-0.25, -0.2) is 4.39 Å². The Labute approximate surface area is 75.1 Å². The predicted molar refractivity (Wildman–Crippen MR) is 50.8 cm³/mol. The number of rotatable bonds is 1. The van der Waals surface area contributed by atoms with Crippen LogP contribution in [0.3, 0.4) is 0 Å². The van der Waals surface area contributed by atoms with Crippen LogP contribution in [0.5, 0.6) is 0 Å². The molecule has 2 aromatic rings. The summed E-state index contributed by atoms with van der Waals surface area (Å²) in [5.41, 5.74) is 1.63. The summed E-state index contributed by atoms with van der Waals surface area (Å²) >= 11 is 0. The van der Waals surface area contributed by atoms with E-state index in [4.69, 9.17) is 0 Å². The van der Waals surface area contributed by atoms with Gasteiger partial charge >= 0.3 is 0 Å². The number of benzene rings is 1. The zero-order valence-electron chi connectivity index (χ0n) is 7.21. The van der Waals surface area contributed by atoms with Crippen molar-refractivity contribution in [2.24, 2.45) is 0 Å². The number of aromatic nitrogens is 2. The fourth-order valence-corrected chi connectivity index (χ4v) is 1.29. The quantitative estimate of drug-likeness (QED) is 0.711. The van der Waals surface area contributed by atoms with Crippen molar-refractivity contribution in [2.45, 2.75) is 6.92 Å². The SMILES string of the molecule is C/C=C/c1n[nH]c2ccc(F)cc12. The Hall–Kier alpha value is -1.64. The molecule has 0 fully saturated rings. The first-order chi connectivity index (χ1) is 6.31. The Morgan fingerprint density at radius 3 is 3.08 bits per heavy atom. The third-order valence-electron chi connectivity index (χ3n) is 1.88. The van der Waals surface area contributed by atoms with Crippen molar-refractivity contribution in [1.82, 2.24) is 10.2 Å². The molecular formula is C10H9FN2. The first kappa shape index (κ1) is 7.98. The summed E-state index contributed by atoms with van der Waals surface area (Å²) in [6.07, 6.45) is 3.72. The standard InChI is InChI=1S/C10H9FN2/c1-2-3-9-8-6-7(11)4-5-10(8)13-12-9/h2-6H,1H3,(H,12,13)/b3-2+. The molecule has 3 heteroatoms. The third kappa shape index (κ3) is 1.33. The molecule has 1 aromatic carbocycles. The fourth-order valence-electron chi connectivity index (χ4n) is 1.29. The number of hydrogen-bond acceptors (Lipinski definition) is 1. The maximum atomic E-state index is 12.9. The normalized spacial score (nSPS) is 11.5. The molecular weight excluding hydrogens is 167 g/mol. The smallest absolute Gasteiger partial charge is 0.124 e. The van der Waals surface area contributed by atoms with E-state index in [0.717, 1.165) is 16.6 Å². The first-order valence-corrected chi connectivity index (χ1v) is 4.07. The van der Waals surface area contributed by atoms with Crippen LogP contribution in [0.15, 0.2) is 24.3 Å². The number of halogens is 1. The summed E-state index contributed by atoms with van der Waals surface area (Å²) < 4.78 is 12.9. The summed E-state index contributed by atoms with van der Waals surface area (Å²) in [4.78, 5) is 0. The van der Waals surface area contributed by atoms with Gasteiger partial charge in [0.2, 0.25) is 0 Å². The van der Waals surface area contributed by atoms with Crippen LogP contribution in [-0.4, -0.2) is 10.2 Å². The van der Waals surface area contributed by atoms with E-state index >= 15 is 0 Å². The van der Waals surface area contributed by atoms with E-state index in [1.165, 1.54) is 12.1 Å². The van der Waals surface area contributed by atoms with Crippen LogP contribution >= 0.6 is 0 Å². The lowest BCUT2D eigenvalue weighted by molar-refractivity contribution is 0.629. The van der Waals surface area contributed by atoms with Gasteiger partial charge in [0.05, 0.1) is 11.2 Å². The van der Waals surface area contributed by atoms with Crippen LogP contribution in [-0.2, 0) is 0 Å². The van der Waals surface area contributed by atoms with E-state index < -0.39 is 0 Å². The molecule has 0 saturated carbocycles. The zero-order valence-corrected chi connectivity index (χ0v) is 7.21. The summed E-state index contributed by atoms with van der Waals surface area (Å²) in [6.45, 7) is 1.90. The first-order valence-electron chi connectivity index (χ1n) is 4.07. The lowest BCUT2D eigenvalue weighted by Crippen LogP contribution is -1.74. The summed E-state index contributed by atoms with van der Waals surface area (Å²) in [6, 6.07) is 4.58. The predicted octanol–water partition coefficient (Wildman–Crippen LogP) is 2.74. The Balaban J connectivity index is 2.71. The lowest BCUT2D eigenvalue weighted by atomic mass is 10.2. The largest absolute Gasteiger partial charge is 0.277 e. The summed E-state index contributed by atoms with van der Waals surface area (Å²) in [5, 5.41) is 7.70. The van der Waals surface area contributed by atoms with Crippen LogP contribution in [0.1, 0.15) is 12.6 Å². The second-order valence-corrected chi connectivity index (χ2v) is 2.80. The van der Waals surface area contributed by atoms with Gasteiger partial charge in [-0.2, -0.15) is 5.10 Å². The Morgan fingerprint density at radius 1 is 1.46 bits per heavy atom. The van der Waals surface area contributed by atoms with Crippen LogP contribution in [0.4, 0.5) is 4.39 Å². The molecule has 0 atom stereocenters. The minimum absolute atomic E-state index is 0.236. The molecule has 1 N–H and O–H groups in total. The van der Waals surface area contributed by atoms with Gasteiger partial charge in [0.25, 0.3) is 0 Å². The summed E-state index contributed by atoms with van der Waals surface area (Å²) in [7, 11) is 0. The second kappa shape index (κ2) is 3.01. The minimum Gasteiger partial charge on any atom is -0.277 e. The topological polar surface area (TPSA) is 28.7 Å². The fraction of sp³-hybridized carbons (Fsp3) is 0.100. The van der Waals surface area contributed by atoms with Crippen molar-refractivity contribution in [3.63, 3.8) is 0 Å². The highest BCUT2D eigenvalue weighted by Crippen LogP contribution is 2.17. The van der Waals surface area contributed by atoms with Gasteiger partial charge in [-0.1, -0.05) is 6.08 Å². The number of H-pyrrole nitrogens is 1. The van der Waals surface area contributed by atoms with Crippen molar-refractivity contribution >= 4 is 17.0 Å². The molecule has 0 unspecified atom stereocenters. The van der Waals surface area contributed by atoms with Crippen molar-refractivity contribution in [3.05, 3.63) is 35.8 Å². The highest BCUT2D eigenvalue weighted by molar-refractivity contribution is 5.86. The molecule has 2 nitrogen and oxygen atoms in total. The molecule has 1 aromatic heterocycles. The second-order valence-electron chi connectivity index (χ2n) is 2.80. The molecule has 0 amide bonds.